The van der Waals surface area contributed by atoms with Crippen molar-refractivity contribution < 1.29 is 18.9 Å². The lowest BCUT2D eigenvalue weighted by Crippen LogP contribution is -2.00. The Morgan fingerprint density at radius 3 is 1.04 bits per heavy atom. The number of fused-ring (bicyclic) bond motifs is 2. The van der Waals surface area contributed by atoms with Crippen molar-refractivity contribution in [2.45, 2.75) is 89.9 Å². The van der Waals surface area contributed by atoms with E-state index in [1.165, 1.54) is 64.2 Å². The molecule has 0 unspecified atom stereocenters. The molecule has 3 aliphatic rings. The lowest BCUT2D eigenvalue weighted by atomic mass is 10.1. The van der Waals surface area contributed by atoms with Gasteiger partial charge in [0.2, 0.25) is 0 Å². The van der Waals surface area contributed by atoms with Crippen LogP contribution in [0, 0.1) is 0 Å². The number of rotatable bonds is 0. The van der Waals surface area contributed by atoms with Gasteiger partial charge in [-0.25, -0.2) is 9.97 Å². The Balaban J connectivity index is 0.978. The zero-order valence-corrected chi connectivity index (χ0v) is 31.6. The third kappa shape index (κ3) is 10.7. The van der Waals surface area contributed by atoms with Crippen molar-refractivity contribution in [1.29, 1.82) is 0 Å². The van der Waals surface area contributed by atoms with Crippen LogP contribution in [0.2, 0.25) is 0 Å². The van der Waals surface area contributed by atoms with Gasteiger partial charge in [0.05, 0.1) is 48.8 Å². The van der Waals surface area contributed by atoms with E-state index in [1.807, 2.05) is 24.3 Å². The fourth-order valence-electron chi connectivity index (χ4n) is 7.12. The molecule has 0 aliphatic carbocycles. The van der Waals surface area contributed by atoms with Crippen LogP contribution in [0.1, 0.15) is 89.9 Å². The summed E-state index contributed by atoms with van der Waals surface area (Å²) in [5.41, 5.74) is 5.80. The summed E-state index contributed by atoms with van der Waals surface area (Å²) in [6, 6.07) is 37.4. The summed E-state index contributed by atoms with van der Waals surface area (Å²) >= 11 is 0. The van der Waals surface area contributed by atoms with E-state index >= 15 is 0 Å². The maximum atomic E-state index is 6.09. The molecule has 0 fully saturated rings. The molecule has 0 spiro atoms. The normalized spacial score (nSPS) is 16.1. The minimum atomic E-state index is 0.736. The number of benzene rings is 4. The van der Waals surface area contributed by atoms with Crippen molar-refractivity contribution in [3.05, 3.63) is 109 Å². The van der Waals surface area contributed by atoms with Crippen LogP contribution in [0.25, 0.3) is 44.3 Å². The Morgan fingerprint density at radius 1 is 0.315 bits per heavy atom. The van der Waals surface area contributed by atoms with Gasteiger partial charge in [0.15, 0.2) is 0 Å². The molecule has 6 heteroatoms. The Morgan fingerprint density at radius 2 is 0.648 bits per heavy atom. The molecule has 0 radical (unpaired) electrons. The van der Waals surface area contributed by atoms with E-state index in [1.54, 1.807) is 0 Å². The number of nitrogens with zero attached hydrogens (tertiary/aromatic N) is 2. The molecule has 6 aromatic rings. The van der Waals surface area contributed by atoms with Gasteiger partial charge in [0.25, 0.3) is 0 Å². The van der Waals surface area contributed by atoms with Crippen LogP contribution in [0.3, 0.4) is 0 Å². The molecule has 0 N–H and O–H groups in total. The highest BCUT2D eigenvalue weighted by Gasteiger charge is 2.10. The molecule has 6 nitrogen and oxygen atoms in total. The van der Waals surface area contributed by atoms with E-state index in [-0.39, 0.29) is 0 Å². The molecular formula is C48H54N2O4. The zero-order chi connectivity index (χ0) is 36.6. The summed E-state index contributed by atoms with van der Waals surface area (Å²) in [6.07, 6.45) is 16.5. The molecule has 0 saturated heterocycles. The van der Waals surface area contributed by atoms with Crippen LogP contribution in [-0.4, -0.2) is 36.4 Å². The third-order valence-electron chi connectivity index (χ3n) is 10.3. The Kier molecular flexibility index (Phi) is 13.7. The zero-order valence-electron chi connectivity index (χ0n) is 31.6. The molecule has 0 saturated carbocycles. The molecular weight excluding hydrogens is 669 g/mol. The van der Waals surface area contributed by atoms with Gasteiger partial charge in [0.1, 0.15) is 23.0 Å². The summed E-state index contributed by atoms with van der Waals surface area (Å²) in [7, 11) is 0. The van der Waals surface area contributed by atoms with Gasteiger partial charge in [-0.1, -0.05) is 94.5 Å². The number of pyridine rings is 2. The van der Waals surface area contributed by atoms with Gasteiger partial charge in [-0.2, -0.15) is 0 Å². The van der Waals surface area contributed by atoms with Crippen molar-refractivity contribution >= 4 is 21.8 Å². The quantitative estimate of drug-likeness (QED) is 0.145. The highest BCUT2D eigenvalue weighted by molar-refractivity contribution is 6.04. The average molecular weight is 723 g/mol. The van der Waals surface area contributed by atoms with Crippen molar-refractivity contribution in [3.8, 4) is 45.5 Å². The van der Waals surface area contributed by atoms with Gasteiger partial charge in [0, 0.05) is 28.0 Å². The van der Waals surface area contributed by atoms with Crippen molar-refractivity contribution in [1.82, 2.24) is 9.97 Å². The molecule has 0 amide bonds. The van der Waals surface area contributed by atoms with Crippen LogP contribution >= 0.6 is 0 Å². The molecule has 10 bridgehead atoms. The minimum absolute atomic E-state index is 0.736. The van der Waals surface area contributed by atoms with E-state index in [4.69, 9.17) is 28.9 Å². The maximum Gasteiger partial charge on any atom is 0.122 e. The smallest absolute Gasteiger partial charge is 0.122 e. The van der Waals surface area contributed by atoms with Gasteiger partial charge in [-0.05, 0) is 98.5 Å². The number of hydrogen-bond donors (Lipinski definition) is 0. The Labute approximate surface area is 320 Å². The standard InChI is InChI=1S/C48H54N2O4/c1-3-7-11-32-51-41-26-20-37(21-27-41)45-30-24-39-18-19-40-25-31-46(50-48(40)47(39)49-45)38-22-28-42(29-23-38)52-33-12-8-4-2-6-10-14-35-54-44-17-15-16-43(36-44)53-34-13-9-5-1/h15-31,36H,1-14,32-35H2. The topological polar surface area (TPSA) is 62.7 Å². The monoisotopic (exact) mass is 722 g/mol. The summed E-state index contributed by atoms with van der Waals surface area (Å²) in [6.45, 7) is 2.97. The van der Waals surface area contributed by atoms with Crippen molar-refractivity contribution in [2.24, 2.45) is 0 Å². The van der Waals surface area contributed by atoms with Gasteiger partial charge in [-0.3, -0.25) is 0 Å². The van der Waals surface area contributed by atoms with E-state index in [2.05, 4.69) is 84.9 Å². The van der Waals surface area contributed by atoms with E-state index in [0.29, 0.717) is 0 Å². The summed E-state index contributed by atoms with van der Waals surface area (Å²) in [5.74, 6) is 3.59. The minimum Gasteiger partial charge on any atom is -0.494 e. The number of hydrogen-bond acceptors (Lipinski definition) is 6. The molecule has 2 aromatic heterocycles. The molecule has 54 heavy (non-hydrogen) atoms. The third-order valence-corrected chi connectivity index (χ3v) is 10.3. The lowest BCUT2D eigenvalue weighted by Gasteiger charge is -2.10. The van der Waals surface area contributed by atoms with Crippen LogP contribution in [0.4, 0.5) is 0 Å². The first-order chi connectivity index (χ1) is 26.8. The average Bonchev–Trinajstić information content (AvgIpc) is 3.22. The first-order valence-corrected chi connectivity index (χ1v) is 20.3. The second-order valence-corrected chi connectivity index (χ2v) is 14.5. The first kappa shape index (κ1) is 37.2. The summed E-state index contributed by atoms with van der Waals surface area (Å²) in [4.78, 5) is 10.3. The SMILES string of the molecule is c1cc2cc(c1)OCCCCCCCCCOc1ccc(cc1)-c1ccc3ccc4ccc(nc4c3n1)-c1ccc(cc1)OCCCCCCCCCO2. The molecule has 280 valence electrons. The summed E-state index contributed by atoms with van der Waals surface area (Å²) in [5, 5.41) is 2.16. The molecule has 9 rings (SSSR count). The van der Waals surface area contributed by atoms with Gasteiger partial charge in [-0.15, -0.1) is 0 Å². The van der Waals surface area contributed by atoms with E-state index < -0.39 is 0 Å². The van der Waals surface area contributed by atoms with Gasteiger partial charge >= 0.3 is 0 Å². The molecule has 4 aromatic carbocycles. The summed E-state index contributed by atoms with van der Waals surface area (Å²) < 4.78 is 24.2. The van der Waals surface area contributed by atoms with Crippen LogP contribution < -0.4 is 18.9 Å². The van der Waals surface area contributed by atoms with E-state index in [0.717, 1.165) is 119 Å². The Bertz CT molecular complexity index is 1900. The van der Waals surface area contributed by atoms with Crippen molar-refractivity contribution in [3.63, 3.8) is 0 Å². The Hall–Kier alpha value is -5.10. The largest absolute Gasteiger partial charge is 0.494 e. The van der Waals surface area contributed by atoms with Crippen molar-refractivity contribution in [2.75, 3.05) is 26.4 Å². The number of aromatic nitrogens is 2. The molecule has 0 atom stereocenters. The second kappa shape index (κ2) is 19.8. The predicted molar refractivity (Wildman–Crippen MR) is 221 cm³/mol. The highest BCUT2D eigenvalue weighted by atomic mass is 16.5. The molecule has 5 heterocycles. The van der Waals surface area contributed by atoms with Crippen LogP contribution in [0.15, 0.2) is 109 Å². The fraction of sp³-hybridized carbons (Fsp3) is 0.375. The second-order valence-electron chi connectivity index (χ2n) is 14.5. The van der Waals surface area contributed by atoms with E-state index in [9.17, 15) is 0 Å². The fourth-order valence-corrected chi connectivity index (χ4v) is 7.12. The van der Waals surface area contributed by atoms with Crippen LogP contribution in [-0.2, 0) is 0 Å². The predicted octanol–water partition coefficient (Wildman–Crippen LogP) is 12.8. The van der Waals surface area contributed by atoms with Gasteiger partial charge < -0.3 is 18.9 Å². The highest BCUT2D eigenvalue weighted by Crippen LogP contribution is 2.30. The van der Waals surface area contributed by atoms with Crippen LogP contribution in [0.5, 0.6) is 23.0 Å². The lowest BCUT2D eigenvalue weighted by molar-refractivity contribution is 0.288. The number of ether oxygens (including phenoxy) is 4. The molecule has 3 aliphatic heterocycles. The maximum absolute atomic E-state index is 6.09. The first-order valence-electron chi connectivity index (χ1n) is 20.3.